The molecule has 1 aliphatic rings. The van der Waals surface area contributed by atoms with E-state index in [-0.39, 0.29) is 0 Å². The van der Waals surface area contributed by atoms with E-state index in [9.17, 15) is 0 Å². The lowest BCUT2D eigenvalue weighted by Gasteiger charge is -2.09. The smallest absolute Gasteiger partial charge is 0.115 e. The zero-order valence-electron chi connectivity index (χ0n) is 9.09. The lowest BCUT2D eigenvalue weighted by atomic mass is 10.2. The highest BCUT2D eigenvalue weighted by atomic mass is 15.4. The van der Waals surface area contributed by atoms with Crippen LogP contribution in [-0.2, 0) is 6.42 Å². The number of rotatable bonds is 3. The predicted molar refractivity (Wildman–Crippen MR) is 64.1 cm³/mol. The molecular formula is C12H17N3. The number of nitrogens with zero attached hydrogens (tertiary/aromatic N) is 1. The molecule has 1 aliphatic heterocycles. The molecule has 1 aromatic rings. The highest BCUT2D eigenvalue weighted by molar-refractivity contribution is 5.84. The van der Waals surface area contributed by atoms with Crippen molar-refractivity contribution in [1.82, 2.24) is 5.43 Å². The van der Waals surface area contributed by atoms with Crippen LogP contribution in [0.25, 0.3) is 0 Å². The van der Waals surface area contributed by atoms with Gasteiger partial charge in [0, 0.05) is 13.0 Å². The fourth-order valence-electron chi connectivity index (χ4n) is 1.61. The van der Waals surface area contributed by atoms with Gasteiger partial charge >= 0.3 is 0 Å². The van der Waals surface area contributed by atoms with Gasteiger partial charge in [0.25, 0.3) is 0 Å². The third-order valence-corrected chi connectivity index (χ3v) is 2.59. The molecule has 2 N–H and O–H groups in total. The van der Waals surface area contributed by atoms with Crippen LogP contribution in [0.5, 0.6) is 0 Å². The van der Waals surface area contributed by atoms with E-state index in [0.29, 0.717) is 0 Å². The Bertz CT molecular complexity index is 340. The van der Waals surface area contributed by atoms with E-state index in [0.717, 1.165) is 30.9 Å². The summed E-state index contributed by atoms with van der Waals surface area (Å²) in [7, 11) is 0. The number of benzene rings is 1. The average molecular weight is 203 g/mol. The van der Waals surface area contributed by atoms with Crippen LogP contribution in [0.2, 0.25) is 0 Å². The van der Waals surface area contributed by atoms with Crippen LogP contribution in [0.4, 0.5) is 5.69 Å². The quantitative estimate of drug-likeness (QED) is 0.740. The maximum Gasteiger partial charge on any atom is 0.115 e. The lowest BCUT2D eigenvalue weighted by Crippen LogP contribution is -2.27. The van der Waals surface area contributed by atoms with Crippen LogP contribution in [0, 0.1) is 0 Å². The Morgan fingerprint density at radius 1 is 1.20 bits per heavy atom. The summed E-state index contributed by atoms with van der Waals surface area (Å²) in [4.78, 5) is 4.33. The predicted octanol–water partition coefficient (Wildman–Crippen LogP) is 2.36. The van der Waals surface area contributed by atoms with Gasteiger partial charge in [-0.15, -0.1) is 0 Å². The Labute approximate surface area is 90.6 Å². The van der Waals surface area contributed by atoms with Crippen molar-refractivity contribution in [2.45, 2.75) is 26.2 Å². The third-order valence-electron chi connectivity index (χ3n) is 2.59. The molecule has 0 saturated heterocycles. The van der Waals surface area contributed by atoms with Gasteiger partial charge in [0.05, 0.1) is 5.69 Å². The monoisotopic (exact) mass is 203 g/mol. The van der Waals surface area contributed by atoms with Crippen LogP contribution < -0.4 is 10.9 Å². The molecule has 0 bridgehead atoms. The van der Waals surface area contributed by atoms with Crippen molar-refractivity contribution in [2.75, 3.05) is 12.0 Å². The van der Waals surface area contributed by atoms with Crippen LogP contribution in [-0.4, -0.2) is 12.4 Å². The van der Waals surface area contributed by atoms with E-state index < -0.39 is 0 Å². The van der Waals surface area contributed by atoms with Crippen molar-refractivity contribution < 1.29 is 0 Å². The Balaban J connectivity index is 1.87. The van der Waals surface area contributed by atoms with Crippen molar-refractivity contribution in [3.05, 3.63) is 29.8 Å². The van der Waals surface area contributed by atoms with Crippen molar-refractivity contribution >= 4 is 11.5 Å². The SMILES string of the molecule is CCc1ccc(NNC2=NCCC2)cc1. The number of aliphatic imine (C=N–C) groups is 1. The molecule has 15 heavy (non-hydrogen) atoms. The highest BCUT2D eigenvalue weighted by Gasteiger charge is 2.04. The molecule has 0 aliphatic carbocycles. The van der Waals surface area contributed by atoms with E-state index in [1.165, 1.54) is 12.0 Å². The summed E-state index contributed by atoms with van der Waals surface area (Å²) in [5.74, 6) is 1.06. The normalized spacial score (nSPS) is 14.9. The molecule has 0 atom stereocenters. The van der Waals surface area contributed by atoms with Crippen molar-refractivity contribution in [1.29, 1.82) is 0 Å². The molecule has 0 aromatic heterocycles. The van der Waals surface area contributed by atoms with E-state index in [4.69, 9.17) is 0 Å². The molecule has 1 aromatic carbocycles. The van der Waals surface area contributed by atoms with Crippen LogP contribution >= 0.6 is 0 Å². The zero-order valence-corrected chi connectivity index (χ0v) is 9.09. The van der Waals surface area contributed by atoms with Crippen LogP contribution in [0.3, 0.4) is 0 Å². The van der Waals surface area contributed by atoms with Gasteiger partial charge in [0.1, 0.15) is 5.84 Å². The summed E-state index contributed by atoms with van der Waals surface area (Å²) in [6.45, 7) is 3.12. The number of hydrazine groups is 1. The van der Waals surface area contributed by atoms with E-state index >= 15 is 0 Å². The van der Waals surface area contributed by atoms with E-state index in [1.54, 1.807) is 0 Å². The second-order valence-electron chi connectivity index (χ2n) is 3.73. The van der Waals surface area contributed by atoms with Crippen molar-refractivity contribution in [3.8, 4) is 0 Å². The molecule has 0 radical (unpaired) electrons. The minimum absolute atomic E-state index is 0.957. The van der Waals surface area contributed by atoms with Crippen LogP contribution in [0.15, 0.2) is 29.3 Å². The van der Waals surface area contributed by atoms with Gasteiger partial charge in [-0.25, -0.2) is 0 Å². The van der Waals surface area contributed by atoms with Gasteiger partial charge in [0.15, 0.2) is 0 Å². The zero-order chi connectivity index (χ0) is 10.5. The largest absolute Gasteiger partial charge is 0.300 e. The summed E-state index contributed by atoms with van der Waals surface area (Å²) in [6.07, 6.45) is 3.30. The molecule has 0 unspecified atom stereocenters. The molecule has 0 saturated carbocycles. The topological polar surface area (TPSA) is 36.4 Å². The highest BCUT2D eigenvalue weighted by Crippen LogP contribution is 2.09. The standard InChI is InChI=1S/C12H17N3/c1-2-10-5-7-11(8-6-10)14-15-12-4-3-9-13-12/h5-8,14H,2-4,9H2,1H3,(H,13,15). The number of nitrogens with one attached hydrogen (secondary N) is 2. The summed E-state index contributed by atoms with van der Waals surface area (Å²) in [5.41, 5.74) is 8.74. The fourth-order valence-corrected chi connectivity index (χ4v) is 1.61. The maximum absolute atomic E-state index is 4.33. The first-order valence-electron chi connectivity index (χ1n) is 5.53. The van der Waals surface area contributed by atoms with Gasteiger partial charge in [0.2, 0.25) is 0 Å². The number of anilines is 1. The van der Waals surface area contributed by atoms with Gasteiger partial charge in [-0.2, -0.15) is 0 Å². The minimum Gasteiger partial charge on any atom is -0.300 e. The number of hydrogen-bond acceptors (Lipinski definition) is 3. The number of hydrogen-bond donors (Lipinski definition) is 2. The third kappa shape index (κ3) is 2.72. The molecular weight excluding hydrogens is 186 g/mol. The average Bonchev–Trinajstić information content (AvgIpc) is 2.80. The van der Waals surface area contributed by atoms with Gasteiger partial charge < -0.3 is 0 Å². The second kappa shape index (κ2) is 4.82. The molecule has 3 heteroatoms. The first-order chi connectivity index (χ1) is 7.38. The fraction of sp³-hybridized carbons (Fsp3) is 0.417. The van der Waals surface area contributed by atoms with Gasteiger partial charge in [-0.05, 0) is 30.5 Å². The Hall–Kier alpha value is -1.51. The first kappa shape index (κ1) is 10.0. The molecule has 1 heterocycles. The molecule has 3 nitrogen and oxygen atoms in total. The molecule has 2 rings (SSSR count). The van der Waals surface area contributed by atoms with Gasteiger partial charge in [-0.1, -0.05) is 19.1 Å². The second-order valence-corrected chi connectivity index (χ2v) is 3.73. The first-order valence-corrected chi connectivity index (χ1v) is 5.53. The Morgan fingerprint density at radius 2 is 2.00 bits per heavy atom. The molecule has 80 valence electrons. The Kier molecular flexibility index (Phi) is 3.22. The lowest BCUT2D eigenvalue weighted by molar-refractivity contribution is 0.944. The van der Waals surface area contributed by atoms with E-state index in [2.05, 4.69) is 47.0 Å². The minimum atomic E-state index is 0.957. The molecule has 0 fully saturated rings. The number of aryl methyl sites for hydroxylation is 1. The Morgan fingerprint density at radius 3 is 2.60 bits per heavy atom. The number of amidine groups is 1. The summed E-state index contributed by atoms with van der Waals surface area (Å²) < 4.78 is 0. The van der Waals surface area contributed by atoms with Crippen LogP contribution in [0.1, 0.15) is 25.3 Å². The summed E-state index contributed by atoms with van der Waals surface area (Å²) >= 11 is 0. The summed E-state index contributed by atoms with van der Waals surface area (Å²) in [5, 5.41) is 0. The summed E-state index contributed by atoms with van der Waals surface area (Å²) in [6, 6.07) is 8.45. The molecule has 0 amide bonds. The van der Waals surface area contributed by atoms with Crippen molar-refractivity contribution in [2.24, 2.45) is 4.99 Å². The molecule has 0 spiro atoms. The van der Waals surface area contributed by atoms with Crippen molar-refractivity contribution in [3.63, 3.8) is 0 Å². The van der Waals surface area contributed by atoms with E-state index in [1.807, 2.05) is 0 Å². The van der Waals surface area contributed by atoms with Gasteiger partial charge in [-0.3, -0.25) is 15.8 Å². The maximum atomic E-state index is 4.33.